The van der Waals surface area contributed by atoms with E-state index in [2.05, 4.69) is 31.1 Å². The average Bonchev–Trinajstić information content (AvgIpc) is 2.54. The molecule has 0 heterocycles. The standard InChI is InChI=1S/C19H33N3O2.HI/c1-15(2)6-5-7-16(3)22-19(20)21-14-17-8-10-18(11-9-17)24-13-12-23-4;/h8-11,15-16H,5-7,12-14H2,1-4H3,(H3,20,21,22);1H. The maximum Gasteiger partial charge on any atom is 0.189 e. The zero-order chi connectivity index (χ0) is 17.8. The van der Waals surface area contributed by atoms with Crippen molar-refractivity contribution in [2.24, 2.45) is 16.6 Å². The van der Waals surface area contributed by atoms with Gasteiger partial charge in [0, 0.05) is 13.2 Å². The van der Waals surface area contributed by atoms with Crippen LogP contribution in [0.1, 0.15) is 45.6 Å². The number of ether oxygens (including phenoxy) is 2. The van der Waals surface area contributed by atoms with Gasteiger partial charge in [-0.05, 0) is 37.0 Å². The summed E-state index contributed by atoms with van der Waals surface area (Å²) in [4.78, 5) is 4.41. The second kappa shape index (κ2) is 14.2. The molecule has 1 atom stereocenters. The molecule has 1 aromatic rings. The maximum absolute atomic E-state index is 5.97. The van der Waals surface area contributed by atoms with Crippen LogP contribution in [0.4, 0.5) is 0 Å². The number of hydrogen-bond acceptors (Lipinski definition) is 3. The van der Waals surface area contributed by atoms with E-state index in [1.807, 2.05) is 24.3 Å². The molecule has 25 heavy (non-hydrogen) atoms. The van der Waals surface area contributed by atoms with Gasteiger partial charge in [-0.3, -0.25) is 0 Å². The SMILES string of the molecule is COCCOc1ccc(CN=C(N)NC(C)CCCC(C)C)cc1.I. The van der Waals surface area contributed by atoms with Crippen molar-refractivity contribution in [1.82, 2.24) is 5.32 Å². The van der Waals surface area contributed by atoms with Crippen molar-refractivity contribution in [1.29, 1.82) is 0 Å². The second-order valence-corrected chi connectivity index (χ2v) is 6.56. The molecule has 0 spiro atoms. The highest BCUT2D eigenvalue weighted by molar-refractivity contribution is 14.0. The van der Waals surface area contributed by atoms with E-state index in [0.29, 0.717) is 31.8 Å². The predicted molar refractivity (Wildman–Crippen MR) is 116 cm³/mol. The Kier molecular flexibility index (Phi) is 13.6. The van der Waals surface area contributed by atoms with E-state index in [1.165, 1.54) is 12.8 Å². The van der Waals surface area contributed by atoms with Gasteiger partial charge in [-0.1, -0.05) is 38.8 Å². The first kappa shape index (κ1) is 24.0. The molecule has 3 N–H and O–H groups in total. The largest absolute Gasteiger partial charge is 0.491 e. The van der Waals surface area contributed by atoms with Crippen LogP contribution in [0.5, 0.6) is 5.75 Å². The van der Waals surface area contributed by atoms with Crippen molar-refractivity contribution >= 4 is 29.9 Å². The van der Waals surface area contributed by atoms with Crippen LogP contribution >= 0.6 is 24.0 Å². The van der Waals surface area contributed by atoms with Crippen molar-refractivity contribution in [3.05, 3.63) is 29.8 Å². The normalized spacial score (nSPS) is 12.6. The first-order valence-corrected chi connectivity index (χ1v) is 8.78. The summed E-state index contributed by atoms with van der Waals surface area (Å²) in [5, 5.41) is 3.26. The number of hydrogen-bond donors (Lipinski definition) is 2. The number of nitrogens with zero attached hydrogens (tertiary/aromatic N) is 1. The van der Waals surface area contributed by atoms with Gasteiger partial charge in [0.05, 0.1) is 13.2 Å². The number of aliphatic imine (C=N–C) groups is 1. The molecule has 0 radical (unpaired) electrons. The summed E-state index contributed by atoms with van der Waals surface area (Å²) < 4.78 is 10.5. The highest BCUT2D eigenvalue weighted by Gasteiger charge is 2.04. The van der Waals surface area contributed by atoms with Crippen LogP contribution in [0.3, 0.4) is 0 Å². The lowest BCUT2D eigenvalue weighted by Crippen LogP contribution is -2.38. The van der Waals surface area contributed by atoms with Crippen LogP contribution in [0.2, 0.25) is 0 Å². The molecular formula is C19H34IN3O2. The van der Waals surface area contributed by atoms with Crippen molar-refractivity contribution in [2.45, 2.75) is 52.6 Å². The zero-order valence-electron chi connectivity index (χ0n) is 16.0. The number of benzene rings is 1. The molecule has 0 aromatic heterocycles. The van der Waals surface area contributed by atoms with Gasteiger partial charge in [0.25, 0.3) is 0 Å². The Labute approximate surface area is 169 Å². The van der Waals surface area contributed by atoms with Gasteiger partial charge in [-0.25, -0.2) is 4.99 Å². The molecule has 0 fully saturated rings. The third-order valence-electron chi connectivity index (χ3n) is 3.72. The van der Waals surface area contributed by atoms with Gasteiger partial charge in [-0.2, -0.15) is 0 Å². The van der Waals surface area contributed by atoms with Gasteiger partial charge < -0.3 is 20.5 Å². The van der Waals surface area contributed by atoms with Crippen LogP contribution in [0.15, 0.2) is 29.3 Å². The third kappa shape index (κ3) is 12.0. The van der Waals surface area contributed by atoms with Crippen LogP contribution in [-0.2, 0) is 11.3 Å². The second-order valence-electron chi connectivity index (χ2n) is 6.56. The Hall–Kier alpha value is -1.02. The summed E-state index contributed by atoms with van der Waals surface area (Å²) in [6, 6.07) is 8.25. The summed E-state index contributed by atoms with van der Waals surface area (Å²) in [6.45, 7) is 8.36. The zero-order valence-corrected chi connectivity index (χ0v) is 18.3. The molecule has 0 bridgehead atoms. The summed E-state index contributed by atoms with van der Waals surface area (Å²) in [5.41, 5.74) is 7.07. The van der Waals surface area contributed by atoms with Crippen LogP contribution in [0.25, 0.3) is 0 Å². The van der Waals surface area contributed by atoms with Gasteiger partial charge in [0.15, 0.2) is 5.96 Å². The summed E-state index contributed by atoms with van der Waals surface area (Å²) in [7, 11) is 1.66. The Morgan fingerprint density at radius 3 is 2.40 bits per heavy atom. The van der Waals surface area contributed by atoms with E-state index < -0.39 is 0 Å². The number of nitrogens with two attached hydrogens (primary N) is 1. The number of nitrogens with one attached hydrogen (secondary N) is 1. The van der Waals surface area contributed by atoms with Crippen molar-refractivity contribution in [3.8, 4) is 5.75 Å². The van der Waals surface area contributed by atoms with Gasteiger partial charge in [-0.15, -0.1) is 24.0 Å². The highest BCUT2D eigenvalue weighted by atomic mass is 127. The highest BCUT2D eigenvalue weighted by Crippen LogP contribution is 2.13. The fourth-order valence-corrected chi connectivity index (χ4v) is 2.31. The van der Waals surface area contributed by atoms with E-state index in [9.17, 15) is 0 Å². The van der Waals surface area contributed by atoms with Gasteiger partial charge in [0.1, 0.15) is 12.4 Å². The number of guanidine groups is 1. The molecule has 0 aliphatic heterocycles. The minimum atomic E-state index is 0. The Balaban J connectivity index is 0.00000576. The quantitative estimate of drug-likeness (QED) is 0.226. The smallest absolute Gasteiger partial charge is 0.189 e. The summed E-state index contributed by atoms with van der Waals surface area (Å²) >= 11 is 0. The molecule has 144 valence electrons. The van der Waals surface area contributed by atoms with Crippen molar-refractivity contribution in [2.75, 3.05) is 20.3 Å². The third-order valence-corrected chi connectivity index (χ3v) is 3.72. The maximum atomic E-state index is 5.97. The van der Waals surface area contributed by atoms with Crippen LogP contribution < -0.4 is 15.8 Å². The Bertz CT molecular complexity index is 478. The Morgan fingerprint density at radius 2 is 1.80 bits per heavy atom. The van der Waals surface area contributed by atoms with Gasteiger partial charge >= 0.3 is 0 Å². The van der Waals surface area contributed by atoms with E-state index in [4.69, 9.17) is 15.2 Å². The molecule has 0 saturated carbocycles. The molecule has 0 saturated heterocycles. The lowest BCUT2D eigenvalue weighted by molar-refractivity contribution is 0.146. The number of halogens is 1. The molecule has 1 aromatic carbocycles. The van der Waals surface area contributed by atoms with E-state index in [1.54, 1.807) is 7.11 Å². The van der Waals surface area contributed by atoms with E-state index in [-0.39, 0.29) is 24.0 Å². The first-order valence-electron chi connectivity index (χ1n) is 8.78. The monoisotopic (exact) mass is 463 g/mol. The van der Waals surface area contributed by atoms with Crippen LogP contribution in [-0.4, -0.2) is 32.3 Å². The summed E-state index contributed by atoms with van der Waals surface area (Å²) in [6.07, 6.45) is 3.58. The average molecular weight is 463 g/mol. The number of methoxy groups -OCH3 is 1. The first-order chi connectivity index (χ1) is 11.5. The Morgan fingerprint density at radius 1 is 1.12 bits per heavy atom. The van der Waals surface area contributed by atoms with Crippen molar-refractivity contribution < 1.29 is 9.47 Å². The molecule has 6 heteroatoms. The summed E-state index contributed by atoms with van der Waals surface area (Å²) in [5.74, 6) is 2.10. The molecule has 5 nitrogen and oxygen atoms in total. The van der Waals surface area contributed by atoms with E-state index in [0.717, 1.165) is 23.7 Å². The van der Waals surface area contributed by atoms with Gasteiger partial charge in [0.2, 0.25) is 0 Å². The lowest BCUT2D eigenvalue weighted by atomic mass is 10.0. The molecule has 1 rings (SSSR count). The topological polar surface area (TPSA) is 68.9 Å². The fourth-order valence-electron chi connectivity index (χ4n) is 2.31. The minimum absolute atomic E-state index is 0. The van der Waals surface area contributed by atoms with Crippen molar-refractivity contribution in [3.63, 3.8) is 0 Å². The minimum Gasteiger partial charge on any atom is -0.491 e. The number of rotatable bonds is 11. The fraction of sp³-hybridized carbons (Fsp3) is 0.632. The van der Waals surface area contributed by atoms with E-state index >= 15 is 0 Å². The molecule has 0 aliphatic rings. The molecule has 1 unspecified atom stereocenters. The predicted octanol–water partition coefficient (Wildman–Crippen LogP) is 3.95. The molecule has 0 aliphatic carbocycles. The molecular weight excluding hydrogens is 429 g/mol. The molecule has 0 amide bonds. The van der Waals surface area contributed by atoms with Crippen LogP contribution in [0, 0.1) is 5.92 Å². The lowest BCUT2D eigenvalue weighted by Gasteiger charge is -2.15.